The van der Waals surface area contributed by atoms with Gasteiger partial charge < -0.3 is 0 Å². The van der Waals surface area contributed by atoms with E-state index >= 15 is 0 Å². The summed E-state index contributed by atoms with van der Waals surface area (Å²) in [5.74, 6) is -3.46. The number of hydrogen-bond donors (Lipinski definition) is 0. The molecule has 0 amide bonds. The van der Waals surface area contributed by atoms with Crippen LogP contribution in [0, 0.1) is 17.5 Å². The number of hydrogen-bond acceptors (Lipinski definition) is 3. The molecule has 1 aromatic rings. The number of thioether (sulfide) groups is 1. The van der Waals surface area contributed by atoms with Crippen molar-refractivity contribution in [2.24, 2.45) is 0 Å². The van der Waals surface area contributed by atoms with Crippen LogP contribution in [0.3, 0.4) is 0 Å². The molecule has 19 heavy (non-hydrogen) atoms. The molecule has 0 spiro atoms. The number of benzene rings is 1. The molecule has 1 saturated heterocycles. The quantitative estimate of drug-likeness (QED) is 0.786. The smallest absolute Gasteiger partial charge is 0.207 e. The van der Waals surface area contributed by atoms with E-state index in [1.165, 1.54) is 0 Å². The molecule has 3 nitrogen and oxygen atoms in total. The Morgan fingerprint density at radius 3 is 2.47 bits per heavy atom. The van der Waals surface area contributed by atoms with Gasteiger partial charge in [-0.3, -0.25) is 0 Å². The van der Waals surface area contributed by atoms with Crippen LogP contribution in [0.2, 0.25) is 0 Å². The maximum absolute atomic E-state index is 13.6. The largest absolute Gasteiger partial charge is 0.246 e. The second-order valence-electron chi connectivity index (χ2n) is 4.24. The SMILES string of the molecule is CC1CN(S(=O)(=O)c2cc(F)c(F)cc2F)CCS1. The predicted octanol–water partition coefficient (Wildman–Crippen LogP) is 2.23. The normalized spacial score (nSPS) is 21.6. The molecule has 0 radical (unpaired) electrons. The fraction of sp³-hybridized carbons (Fsp3) is 0.455. The Balaban J connectivity index is 2.42. The third-order valence-corrected chi connectivity index (χ3v) is 5.81. The second-order valence-corrected chi connectivity index (χ2v) is 7.69. The lowest BCUT2D eigenvalue weighted by atomic mass is 10.3. The molecule has 0 bridgehead atoms. The van der Waals surface area contributed by atoms with Crippen LogP contribution in [0.4, 0.5) is 13.2 Å². The van der Waals surface area contributed by atoms with Crippen LogP contribution in [0.1, 0.15) is 6.92 Å². The first-order valence-corrected chi connectivity index (χ1v) is 8.07. The molecule has 8 heteroatoms. The predicted molar refractivity (Wildman–Crippen MR) is 67.0 cm³/mol. The summed E-state index contributed by atoms with van der Waals surface area (Å²) in [6, 6.07) is 0.650. The summed E-state index contributed by atoms with van der Waals surface area (Å²) in [5, 5.41) is 0.0804. The highest BCUT2D eigenvalue weighted by Gasteiger charge is 2.32. The first-order valence-electron chi connectivity index (χ1n) is 5.58. The molecule has 106 valence electrons. The van der Waals surface area contributed by atoms with Crippen LogP contribution in [-0.4, -0.2) is 36.8 Å². The Morgan fingerprint density at radius 1 is 1.21 bits per heavy atom. The Bertz CT molecular complexity index is 592. The van der Waals surface area contributed by atoms with Crippen molar-refractivity contribution < 1.29 is 21.6 Å². The van der Waals surface area contributed by atoms with Crippen molar-refractivity contribution in [1.82, 2.24) is 4.31 Å². The zero-order valence-corrected chi connectivity index (χ0v) is 11.7. The van der Waals surface area contributed by atoms with Crippen molar-refractivity contribution in [3.63, 3.8) is 0 Å². The zero-order valence-electron chi connectivity index (χ0n) is 10.1. The Kier molecular flexibility index (Phi) is 4.12. The molecule has 1 atom stereocenters. The summed E-state index contributed by atoms with van der Waals surface area (Å²) in [6.45, 7) is 2.31. The first-order chi connectivity index (χ1) is 8.82. The van der Waals surface area contributed by atoms with Gasteiger partial charge in [0.1, 0.15) is 10.7 Å². The average molecular weight is 311 g/mol. The highest BCUT2D eigenvalue weighted by molar-refractivity contribution is 8.00. The summed E-state index contributed by atoms with van der Waals surface area (Å²) >= 11 is 1.61. The van der Waals surface area contributed by atoms with E-state index < -0.39 is 32.4 Å². The number of halogens is 3. The van der Waals surface area contributed by atoms with Gasteiger partial charge in [0.15, 0.2) is 11.6 Å². The molecule has 1 fully saturated rings. The Hall–Kier alpha value is -0.730. The summed E-state index contributed by atoms with van der Waals surface area (Å²) in [7, 11) is -4.13. The fourth-order valence-electron chi connectivity index (χ4n) is 1.85. The molecular formula is C11H12F3NO2S2. The molecule has 2 rings (SSSR count). The van der Waals surface area contributed by atoms with Gasteiger partial charge in [-0.2, -0.15) is 16.1 Å². The number of nitrogens with zero attached hydrogens (tertiary/aromatic N) is 1. The van der Waals surface area contributed by atoms with E-state index in [1.54, 1.807) is 11.8 Å². The third kappa shape index (κ3) is 2.90. The van der Waals surface area contributed by atoms with Crippen LogP contribution in [-0.2, 0) is 10.0 Å². The van der Waals surface area contributed by atoms with Crippen molar-refractivity contribution >= 4 is 21.8 Å². The maximum Gasteiger partial charge on any atom is 0.246 e. The van der Waals surface area contributed by atoms with E-state index in [0.29, 0.717) is 11.8 Å². The molecule has 1 aliphatic rings. The van der Waals surface area contributed by atoms with Crippen LogP contribution in [0.25, 0.3) is 0 Å². The molecule has 1 heterocycles. The molecule has 0 N–H and O–H groups in total. The summed E-state index contributed by atoms with van der Waals surface area (Å²) in [6.07, 6.45) is 0. The second kappa shape index (κ2) is 5.34. The van der Waals surface area contributed by atoms with Crippen molar-refractivity contribution in [3.05, 3.63) is 29.6 Å². The van der Waals surface area contributed by atoms with Gasteiger partial charge in [-0.15, -0.1) is 0 Å². The number of sulfonamides is 1. The topological polar surface area (TPSA) is 37.4 Å². The summed E-state index contributed by atoms with van der Waals surface area (Å²) < 4.78 is 65.0. The van der Waals surface area contributed by atoms with E-state index in [0.717, 1.165) is 4.31 Å². The third-order valence-electron chi connectivity index (χ3n) is 2.80. The average Bonchev–Trinajstić information content (AvgIpc) is 2.33. The molecule has 1 unspecified atom stereocenters. The van der Waals surface area contributed by atoms with Crippen LogP contribution < -0.4 is 0 Å². The van der Waals surface area contributed by atoms with E-state index in [2.05, 4.69) is 0 Å². The van der Waals surface area contributed by atoms with Gasteiger partial charge >= 0.3 is 0 Å². The lowest BCUT2D eigenvalue weighted by Gasteiger charge is -2.29. The van der Waals surface area contributed by atoms with E-state index in [-0.39, 0.29) is 24.4 Å². The van der Waals surface area contributed by atoms with Crippen LogP contribution >= 0.6 is 11.8 Å². The van der Waals surface area contributed by atoms with Gasteiger partial charge in [0.05, 0.1) is 0 Å². The maximum atomic E-state index is 13.6. The van der Waals surface area contributed by atoms with Gasteiger partial charge in [-0.25, -0.2) is 21.6 Å². The standard InChI is InChI=1S/C11H12F3NO2S2/c1-7-6-15(2-3-18-7)19(16,17)11-5-9(13)8(12)4-10(11)14/h4-5,7H,2-3,6H2,1H3. The van der Waals surface area contributed by atoms with Gasteiger partial charge in [-0.1, -0.05) is 6.92 Å². The minimum absolute atomic E-state index is 0.0804. The molecule has 1 aromatic carbocycles. The zero-order chi connectivity index (χ0) is 14.2. The van der Waals surface area contributed by atoms with Crippen molar-refractivity contribution in [2.75, 3.05) is 18.8 Å². The lowest BCUT2D eigenvalue weighted by molar-refractivity contribution is 0.417. The van der Waals surface area contributed by atoms with Gasteiger partial charge in [0.2, 0.25) is 10.0 Å². The first kappa shape index (κ1) is 14.7. The van der Waals surface area contributed by atoms with Crippen molar-refractivity contribution in [1.29, 1.82) is 0 Å². The monoisotopic (exact) mass is 311 g/mol. The highest BCUT2D eigenvalue weighted by atomic mass is 32.2. The summed E-state index contributed by atoms with van der Waals surface area (Å²) in [5.41, 5.74) is 0. The molecule has 0 aromatic heterocycles. The number of rotatable bonds is 2. The lowest BCUT2D eigenvalue weighted by Crippen LogP contribution is -2.41. The van der Waals surface area contributed by atoms with Crippen LogP contribution in [0.15, 0.2) is 17.0 Å². The van der Waals surface area contributed by atoms with E-state index in [4.69, 9.17) is 0 Å². The van der Waals surface area contributed by atoms with Crippen LogP contribution in [0.5, 0.6) is 0 Å². The molecular weight excluding hydrogens is 299 g/mol. The van der Waals surface area contributed by atoms with Crippen molar-refractivity contribution in [2.45, 2.75) is 17.1 Å². The van der Waals surface area contributed by atoms with E-state index in [9.17, 15) is 21.6 Å². The summed E-state index contributed by atoms with van der Waals surface area (Å²) in [4.78, 5) is -0.814. The fourth-order valence-corrected chi connectivity index (χ4v) is 4.66. The van der Waals surface area contributed by atoms with E-state index in [1.807, 2.05) is 6.92 Å². The molecule has 0 saturated carbocycles. The molecule has 1 aliphatic heterocycles. The van der Waals surface area contributed by atoms with Gasteiger partial charge in [0, 0.05) is 30.2 Å². The van der Waals surface area contributed by atoms with Crippen molar-refractivity contribution in [3.8, 4) is 0 Å². The minimum atomic E-state index is -4.13. The molecule has 0 aliphatic carbocycles. The van der Waals surface area contributed by atoms with Gasteiger partial charge in [0.25, 0.3) is 0 Å². The highest BCUT2D eigenvalue weighted by Crippen LogP contribution is 2.26. The Labute approximate surface area is 113 Å². The minimum Gasteiger partial charge on any atom is -0.207 e. The Morgan fingerprint density at radius 2 is 1.84 bits per heavy atom. The van der Waals surface area contributed by atoms with Gasteiger partial charge in [-0.05, 0) is 6.07 Å².